The maximum Gasteiger partial charge on any atom is 0.179 e. The predicted octanol–water partition coefficient (Wildman–Crippen LogP) is 6.57. The molecule has 1 aromatic carbocycles. The lowest BCUT2D eigenvalue weighted by atomic mass is 10.0. The number of terminal acetylenes is 1. The van der Waals surface area contributed by atoms with E-state index in [1.807, 2.05) is 32.0 Å². The molecule has 0 saturated carbocycles. The van der Waals surface area contributed by atoms with Gasteiger partial charge in [-0.3, -0.25) is 0 Å². The minimum atomic E-state index is -1.38. The van der Waals surface area contributed by atoms with Gasteiger partial charge in [0.1, 0.15) is 11.6 Å². The molecule has 5 heteroatoms. The molecule has 1 atom stereocenters. The Bertz CT molecular complexity index is 890. The molecule has 0 saturated heterocycles. The Morgan fingerprint density at radius 1 is 1.31 bits per heavy atom. The molecule has 1 unspecified atom stereocenters. The Hall–Kier alpha value is -3.39. The van der Waals surface area contributed by atoms with Crippen LogP contribution in [-0.4, -0.2) is 16.3 Å². The van der Waals surface area contributed by atoms with Crippen LogP contribution in [-0.2, 0) is 0 Å². The lowest BCUT2D eigenvalue weighted by Crippen LogP contribution is -1.97. The van der Waals surface area contributed by atoms with Crippen molar-refractivity contribution in [3.63, 3.8) is 0 Å². The second kappa shape index (κ2) is 12.9. The number of benzene rings is 1. The molecule has 0 radical (unpaired) electrons. The van der Waals surface area contributed by atoms with Gasteiger partial charge in [-0.05, 0) is 67.3 Å². The highest BCUT2D eigenvalue weighted by Crippen LogP contribution is 2.23. The van der Waals surface area contributed by atoms with Crippen LogP contribution in [0.2, 0.25) is 0 Å². The molecule has 2 aromatic rings. The number of phenols is 1. The van der Waals surface area contributed by atoms with Crippen LogP contribution in [0.25, 0.3) is 11.1 Å². The minimum absolute atomic E-state index is 0.218. The minimum Gasteiger partial charge on any atom is -0.508 e. The van der Waals surface area contributed by atoms with Gasteiger partial charge in [0.2, 0.25) is 0 Å². The summed E-state index contributed by atoms with van der Waals surface area (Å²) in [4.78, 5) is 4.36. The first-order valence-corrected chi connectivity index (χ1v) is 9.16. The number of nitrogens with one attached hydrogen (secondary N) is 1. The average molecular weight is 396 g/mol. The third-order valence-corrected chi connectivity index (χ3v) is 3.90. The molecule has 29 heavy (non-hydrogen) atoms. The highest BCUT2D eigenvalue weighted by Gasteiger charge is 2.03. The summed E-state index contributed by atoms with van der Waals surface area (Å²) in [7, 11) is 0. The monoisotopic (exact) mass is 396 g/mol. The van der Waals surface area contributed by atoms with E-state index in [2.05, 4.69) is 16.2 Å². The number of phenolic OH excluding ortho intramolecular Hbond substituents is 1. The van der Waals surface area contributed by atoms with Crippen molar-refractivity contribution in [3.05, 3.63) is 78.4 Å². The number of nitrogens with zero attached hydrogens (tertiary/aromatic N) is 1. The fourth-order valence-corrected chi connectivity index (χ4v) is 2.36. The molecule has 0 spiro atoms. The van der Waals surface area contributed by atoms with Crippen molar-refractivity contribution in [2.24, 2.45) is 0 Å². The second-order valence-electron chi connectivity index (χ2n) is 6.03. The summed E-state index contributed by atoms with van der Waals surface area (Å²) in [5.74, 6) is 2.95. The molecule has 152 valence electrons. The average Bonchev–Trinajstić information content (AvgIpc) is 2.76. The molecule has 0 aliphatic rings. The first-order chi connectivity index (χ1) is 13.9. The van der Waals surface area contributed by atoms with Crippen molar-refractivity contribution in [2.75, 3.05) is 5.32 Å². The summed E-state index contributed by atoms with van der Waals surface area (Å²) in [6, 6.07) is 10.8. The van der Waals surface area contributed by atoms with Gasteiger partial charge in [0.25, 0.3) is 0 Å². The Kier molecular flexibility index (Phi) is 10.5. The van der Waals surface area contributed by atoms with E-state index in [1.54, 1.807) is 37.5 Å². The van der Waals surface area contributed by atoms with Gasteiger partial charge in [0.05, 0.1) is 6.33 Å². The van der Waals surface area contributed by atoms with Crippen LogP contribution in [0.3, 0.4) is 0 Å². The van der Waals surface area contributed by atoms with Gasteiger partial charge in [-0.25, -0.2) is 13.8 Å². The zero-order chi connectivity index (χ0) is 21.6. The number of aromatic hydroxyl groups is 1. The molecule has 1 heterocycles. The number of pyridine rings is 1. The third-order valence-electron chi connectivity index (χ3n) is 3.90. The Labute approximate surface area is 171 Å². The molecule has 0 fully saturated rings. The van der Waals surface area contributed by atoms with E-state index >= 15 is 0 Å². The Morgan fingerprint density at radius 2 is 2.03 bits per heavy atom. The van der Waals surface area contributed by atoms with Gasteiger partial charge in [-0.2, -0.15) is 0 Å². The lowest BCUT2D eigenvalue weighted by molar-refractivity contribution is 0.475. The summed E-state index contributed by atoms with van der Waals surface area (Å²) >= 11 is 0. The van der Waals surface area contributed by atoms with Gasteiger partial charge < -0.3 is 10.4 Å². The first-order valence-electron chi connectivity index (χ1n) is 9.16. The van der Waals surface area contributed by atoms with Crippen LogP contribution in [0, 0.1) is 12.3 Å². The number of alkyl halides is 1. The molecule has 3 nitrogen and oxygen atoms in total. The van der Waals surface area contributed by atoms with Crippen LogP contribution in [0.4, 0.5) is 14.6 Å². The van der Waals surface area contributed by atoms with Crippen LogP contribution >= 0.6 is 0 Å². The zero-order valence-electron chi connectivity index (χ0n) is 16.9. The molecular weight excluding hydrogens is 370 g/mol. The summed E-state index contributed by atoms with van der Waals surface area (Å²) in [5, 5.41) is 12.6. The van der Waals surface area contributed by atoms with Gasteiger partial charge in [0, 0.05) is 18.0 Å². The Balaban J connectivity index is 0.000000960. The fourth-order valence-electron chi connectivity index (χ4n) is 2.36. The van der Waals surface area contributed by atoms with E-state index < -0.39 is 6.17 Å². The number of rotatable bonds is 6. The molecule has 0 bridgehead atoms. The van der Waals surface area contributed by atoms with Crippen LogP contribution in [0.1, 0.15) is 27.2 Å². The number of allylic oxidation sites excluding steroid dienone is 4. The highest BCUT2D eigenvalue weighted by molar-refractivity contribution is 5.65. The lowest BCUT2D eigenvalue weighted by Gasteiger charge is -2.08. The van der Waals surface area contributed by atoms with E-state index in [4.69, 9.17) is 6.42 Å². The van der Waals surface area contributed by atoms with E-state index in [9.17, 15) is 13.9 Å². The summed E-state index contributed by atoms with van der Waals surface area (Å²) in [5.41, 5.74) is 3.56. The molecule has 2 rings (SSSR count). The molecule has 0 aliphatic carbocycles. The fraction of sp³-hybridized carbons (Fsp3) is 0.208. The van der Waals surface area contributed by atoms with Gasteiger partial charge in [-0.1, -0.05) is 31.1 Å². The van der Waals surface area contributed by atoms with Crippen molar-refractivity contribution in [2.45, 2.75) is 33.4 Å². The normalized spacial score (nSPS) is 12.7. The third kappa shape index (κ3) is 8.44. The second-order valence-corrected chi connectivity index (χ2v) is 6.03. The summed E-state index contributed by atoms with van der Waals surface area (Å²) < 4.78 is 23.9. The van der Waals surface area contributed by atoms with Crippen LogP contribution < -0.4 is 5.32 Å². The van der Waals surface area contributed by atoms with Crippen molar-refractivity contribution in [1.29, 1.82) is 0 Å². The summed E-state index contributed by atoms with van der Waals surface area (Å²) in [6.45, 7) is 5.47. The maximum absolute atomic E-state index is 13.3. The number of aromatic nitrogens is 1. The van der Waals surface area contributed by atoms with E-state index in [-0.39, 0.29) is 5.75 Å². The standard InChI is InChI=1S/C21H21FN2O.C3H5F/c1-4-16(11-19(22)5-2)15(3)13-23-21-10-9-18(14-24-21)17-7-6-8-20(25)12-17;1-2-3-4/h2,6-14,19,25H,4H2,1,3H3,(H,23,24);2-3H,1H3/b15-13+,16-11+;3-2+. The van der Waals surface area contributed by atoms with E-state index in [0.717, 1.165) is 22.3 Å². The van der Waals surface area contributed by atoms with Crippen molar-refractivity contribution >= 4 is 5.82 Å². The molecular formula is C24H26F2N2O. The molecule has 1 aromatic heterocycles. The number of hydrogen-bond acceptors (Lipinski definition) is 3. The molecule has 2 N–H and O–H groups in total. The first kappa shape index (κ1) is 23.6. The quantitative estimate of drug-likeness (QED) is 0.429. The molecule has 0 aliphatic heterocycles. The number of halogens is 2. The van der Waals surface area contributed by atoms with Crippen LogP contribution in [0.15, 0.2) is 78.4 Å². The SMILES string of the molecule is C#CC(F)/C=C(CC)/C(C)=C/Nc1ccc(-c2cccc(O)c2)cn1.C/C=C/F. The van der Waals surface area contributed by atoms with E-state index in [0.29, 0.717) is 18.6 Å². The highest BCUT2D eigenvalue weighted by atomic mass is 19.1. The van der Waals surface area contributed by atoms with Gasteiger partial charge in [-0.15, -0.1) is 6.42 Å². The van der Waals surface area contributed by atoms with Crippen LogP contribution in [0.5, 0.6) is 5.75 Å². The zero-order valence-corrected chi connectivity index (χ0v) is 16.9. The number of hydrogen-bond donors (Lipinski definition) is 2. The van der Waals surface area contributed by atoms with Gasteiger partial charge >= 0.3 is 0 Å². The van der Waals surface area contributed by atoms with Crippen molar-refractivity contribution in [3.8, 4) is 29.2 Å². The predicted molar refractivity (Wildman–Crippen MR) is 117 cm³/mol. The largest absolute Gasteiger partial charge is 0.508 e. The number of anilines is 1. The van der Waals surface area contributed by atoms with E-state index in [1.165, 1.54) is 12.2 Å². The smallest absolute Gasteiger partial charge is 0.179 e. The Morgan fingerprint density at radius 3 is 2.55 bits per heavy atom. The maximum atomic E-state index is 13.3. The van der Waals surface area contributed by atoms with Crippen molar-refractivity contribution in [1.82, 2.24) is 4.98 Å². The van der Waals surface area contributed by atoms with Crippen molar-refractivity contribution < 1.29 is 13.9 Å². The topological polar surface area (TPSA) is 45.1 Å². The molecule has 0 amide bonds. The summed E-state index contributed by atoms with van der Waals surface area (Å²) in [6.07, 6.45) is 11.2. The van der Waals surface area contributed by atoms with Gasteiger partial charge in [0.15, 0.2) is 6.17 Å².